The molecule has 1 amide bonds. The maximum absolute atomic E-state index is 12.9. The van der Waals surface area contributed by atoms with Gasteiger partial charge >= 0.3 is 0 Å². The number of nitrogens with one attached hydrogen (secondary N) is 1. The van der Waals surface area contributed by atoms with Gasteiger partial charge in [0.2, 0.25) is 10.0 Å². The summed E-state index contributed by atoms with van der Waals surface area (Å²) in [5.74, 6) is 0.515. The molecule has 0 aliphatic carbocycles. The van der Waals surface area contributed by atoms with E-state index in [0.29, 0.717) is 37.0 Å². The van der Waals surface area contributed by atoms with E-state index in [-0.39, 0.29) is 10.8 Å². The minimum atomic E-state index is -3.52. The van der Waals surface area contributed by atoms with Crippen LogP contribution in [0.5, 0.6) is 0 Å². The number of carbonyl (C=O) groups excluding carboxylic acids is 1. The number of carbonyl (C=O) groups is 1. The Hall–Kier alpha value is -2.18. The molecular weight excluding hydrogens is 372 g/mol. The Labute approximate surface area is 167 Å². The third-order valence-electron chi connectivity index (χ3n) is 5.13. The van der Waals surface area contributed by atoms with Gasteiger partial charge in [0.05, 0.1) is 4.90 Å². The number of piperidine rings is 1. The molecule has 1 N–H and O–H groups in total. The van der Waals surface area contributed by atoms with Crippen molar-refractivity contribution in [1.29, 1.82) is 0 Å². The highest BCUT2D eigenvalue weighted by molar-refractivity contribution is 7.89. The van der Waals surface area contributed by atoms with E-state index in [2.05, 4.69) is 19.2 Å². The zero-order chi connectivity index (χ0) is 20.1. The first-order chi connectivity index (χ1) is 13.4. The maximum Gasteiger partial charge on any atom is 0.251 e. The molecule has 5 nitrogen and oxygen atoms in total. The lowest BCUT2D eigenvalue weighted by Gasteiger charge is -2.34. The predicted molar refractivity (Wildman–Crippen MR) is 111 cm³/mol. The molecule has 1 aliphatic heterocycles. The highest BCUT2D eigenvalue weighted by Crippen LogP contribution is 2.26. The second kappa shape index (κ2) is 8.88. The van der Waals surface area contributed by atoms with Gasteiger partial charge in [0.1, 0.15) is 0 Å². The summed E-state index contributed by atoms with van der Waals surface area (Å²) >= 11 is 0. The van der Waals surface area contributed by atoms with Gasteiger partial charge in [-0.2, -0.15) is 4.31 Å². The molecule has 1 heterocycles. The van der Waals surface area contributed by atoms with Crippen LogP contribution < -0.4 is 5.32 Å². The number of nitrogens with zero attached hydrogens (tertiary/aromatic N) is 1. The molecule has 2 atom stereocenters. The van der Waals surface area contributed by atoms with Gasteiger partial charge in [-0.05, 0) is 54.5 Å². The first-order valence-electron chi connectivity index (χ1n) is 9.78. The van der Waals surface area contributed by atoms with E-state index in [1.807, 2.05) is 30.3 Å². The largest absolute Gasteiger partial charge is 0.352 e. The van der Waals surface area contributed by atoms with E-state index < -0.39 is 10.0 Å². The summed E-state index contributed by atoms with van der Waals surface area (Å²) in [5, 5.41) is 2.88. The molecule has 1 saturated heterocycles. The lowest BCUT2D eigenvalue weighted by atomic mass is 9.94. The topological polar surface area (TPSA) is 66.5 Å². The maximum atomic E-state index is 12.9. The number of amides is 1. The van der Waals surface area contributed by atoms with Crippen LogP contribution in [0, 0.1) is 11.8 Å². The standard InChI is InChI=1S/C22H28N2O3S/c1-17-14-18(2)16-24(15-17)28(26,27)21-10-8-20(9-11-21)22(25)23-13-12-19-6-4-3-5-7-19/h3-11,17-18H,12-16H2,1-2H3,(H,23,25). The number of hydrogen-bond donors (Lipinski definition) is 1. The molecule has 2 unspecified atom stereocenters. The molecule has 0 radical (unpaired) electrons. The van der Waals surface area contributed by atoms with Crippen LogP contribution in [0.4, 0.5) is 0 Å². The smallest absolute Gasteiger partial charge is 0.251 e. The van der Waals surface area contributed by atoms with Crippen LogP contribution in [-0.2, 0) is 16.4 Å². The molecule has 28 heavy (non-hydrogen) atoms. The summed E-state index contributed by atoms with van der Waals surface area (Å²) < 4.78 is 27.4. The third-order valence-corrected chi connectivity index (χ3v) is 6.98. The molecule has 0 spiro atoms. The van der Waals surface area contributed by atoms with E-state index in [0.717, 1.165) is 18.4 Å². The van der Waals surface area contributed by atoms with Gasteiger partial charge in [-0.3, -0.25) is 4.79 Å². The molecule has 0 saturated carbocycles. The van der Waals surface area contributed by atoms with Crippen molar-refractivity contribution in [2.45, 2.75) is 31.6 Å². The second-order valence-electron chi connectivity index (χ2n) is 7.78. The van der Waals surface area contributed by atoms with Crippen molar-refractivity contribution in [3.63, 3.8) is 0 Å². The van der Waals surface area contributed by atoms with Crippen molar-refractivity contribution < 1.29 is 13.2 Å². The van der Waals surface area contributed by atoms with Crippen molar-refractivity contribution >= 4 is 15.9 Å². The van der Waals surface area contributed by atoms with Crippen LogP contribution in [0.15, 0.2) is 59.5 Å². The van der Waals surface area contributed by atoms with Crippen molar-refractivity contribution in [3.05, 3.63) is 65.7 Å². The Morgan fingerprint density at radius 3 is 2.21 bits per heavy atom. The zero-order valence-electron chi connectivity index (χ0n) is 16.5. The summed E-state index contributed by atoms with van der Waals surface area (Å²) in [7, 11) is -3.52. The van der Waals surface area contributed by atoms with Gasteiger partial charge in [-0.1, -0.05) is 44.2 Å². The molecule has 1 aliphatic rings. The van der Waals surface area contributed by atoms with Gasteiger partial charge in [-0.15, -0.1) is 0 Å². The summed E-state index contributed by atoms with van der Waals surface area (Å²) in [6, 6.07) is 16.2. The minimum Gasteiger partial charge on any atom is -0.352 e. The number of hydrogen-bond acceptors (Lipinski definition) is 3. The highest BCUT2D eigenvalue weighted by Gasteiger charge is 2.31. The molecule has 2 aromatic carbocycles. The van der Waals surface area contributed by atoms with Crippen molar-refractivity contribution in [2.24, 2.45) is 11.8 Å². The average Bonchev–Trinajstić information content (AvgIpc) is 2.68. The van der Waals surface area contributed by atoms with Crippen LogP contribution >= 0.6 is 0 Å². The average molecular weight is 401 g/mol. The van der Waals surface area contributed by atoms with E-state index in [9.17, 15) is 13.2 Å². The van der Waals surface area contributed by atoms with E-state index >= 15 is 0 Å². The molecule has 3 rings (SSSR count). The Balaban J connectivity index is 1.61. The lowest BCUT2D eigenvalue weighted by molar-refractivity contribution is 0.0954. The number of benzene rings is 2. The summed E-state index contributed by atoms with van der Waals surface area (Å²) in [4.78, 5) is 12.6. The quantitative estimate of drug-likeness (QED) is 0.809. The Morgan fingerprint density at radius 2 is 1.61 bits per heavy atom. The molecule has 2 aromatic rings. The fourth-order valence-corrected chi connectivity index (χ4v) is 5.48. The Bertz CT molecular complexity index is 885. The Kier molecular flexibility index (Phi) is 6.52. The lowest BCUT2D eigenvalue weighted by Crippen LogP contribution is -2.42. The predicted octanol–water partition coefficient (Wildman–Crippen LogP) is 3.33. The minimum absolute atomic E-state index is 0.194. The van der Waals surface area contributed by atoms with Crippen molar-refractivity contribution in [2.75, 3.05) is 19.6 Å². The van der Waals surface area contributed by atoms with Gasteiger partial charge in [0.25, 0.3) is 5.91 Å². The number of sulfonamides is 1. The Morgan fingerprint density at radius 1 is 1.00 bits per heavy atom. The van der Waals surface area contributed by atoms with Crippen LogP contribution in [0.3, 0.4) is 0 Å². The van der Waals surface area contributed by atoms with Gasteiger partial charge in [0.15, 0.2) is 0 Å². The molecule has 0 aromatic heterocycles. The number of rotatable bonds is 6. The van der Waals surface area contributed by atoms with Gasteiger partial charge in [0, 0.05) is 25.2 Å². The van der Waals surface area contributed by atoms with Crippen molar-refractivity contribution in [1.82, 2.24) is 9.62 Å². The van der Waals surface area contributed by atoms with Crippen LogP contribution in [0.1, 0.15) is 36.2 Å². The first kappa shape index (κ1) is 20.6. The van der Waals surface area contributed by atoms with E-state index in [1.54, 1.807) is 16.4 Å². The molecule has 6 heteroatoms. The second-order valence-corrected chi connectivity index (χ2v) is 9.72. The molecular formula is C22H28N2O3S. The van der Waals surface area contributed by atoms with Crippen molar-refractivity contribution in [3.8, 4) is 0 Å². The van der Waals surface area contributed by atoms with Gasteiger partial charge in [-0.25, -0.2) is 8.42 Å². The normalized spacial score (nSPS) is 20.6. The zero-order valence-corrected chi connectivity index (χ0v) is 17.3. The summed E-state index contributed by atoms with van der Waals surface area (Å²) in [6.45, 7) is 5.80. The molecule has 150 valence electrons. The molecule has 1 fully saturated rings. The third kappa shape index (κ3) is 5.00. The monoisotopic (exact) mass is 400 g/mol. The van der Waals surface area contributed by atoms with Gasteiger partial charge < -0.3 is 5.32 Å². The van der Waals surface area contributed by atoms with Crippen LogP contribution in [0.25, 0.3) is 0 Å². The SMILES string of the molecule is CC1CC(C)CN(S(=O)(=O)c2ccc(C(=O)NCCc3ccccc3)cc2)C1. The fraction of sp³-hybridized carbons (Fsp3) is 0.409. The highest BCUT2D eigenvalue weighted by atomic mass is 32.2. The summed E-state index contributed by atoms with van der Waals surface area (Å²) in [6.07, 6.45) is 1.80. The van der Waals surface area contributed by atoms with E-state index in [4.69, 9.17) is 0 Å². The molecule has 0 bridgehead atoms. The van der Waals surface area contributed by atoms with Crippen LogP contribution in [-0.4, -0.2) is 38.3 Å². The van der Waals surface area contributed by atoms with E-state index in [1.165, 1.54) is 12.1 Å². The fourth-order valence-electron chi connectivity index (χ4n) is 3.80. The first-order valence-corrected chi connectivity index (χ1v) is 11.2. The summed E-state index contributed by atoms with van der Waals surface area (Å²) in [5.41, 5.74) is 1.63. The van der Waals surface area contributed by atoms with Crippen LogP contribution in [0.2, 0.25) is 0 Å².